The van der Waals surface area contributed by atoms with Crippen molar-refractivity contribution < 1.29 is 17.7 Å². The molecule has 4 heterocycles. The molecule has 0 aliphatic rings. The molecule has 0 saturated heterocycles. The second-order valence-electron chi connectivity index (χ2n) is 6.84. The van der Waals surface area contributed by atoms with Crippen LogP contribution in [-0.4, -0.2) is 24.7 Å². The van der Waals surface area contributed by atoms with Gasteiger partial charge in [-0.15, -0.1) is 11.3 Å². The third-order valence-corrected chi connectivity index (χ3v) is 6.08. The number of benzene rings is 1. The molecule has 2 N–H and O–H groups in total. The van der Waals surface area contributed by atoms with E-state index in [0.717, 1.165) is 11.6 Å². The van der Waals surface area contributed by atoms with Crippen LogP contribution < -0.4 is 5.73 Å². The first-order valence-electron chi connectivity index (χ1n) is 9.14. The summed E-state index contributed by atoms with van der Waals surface area (Å²) in [6, 6.07) is 9.54. The molecule has 0 aliphatic carbocycles. The van der Waals surface area contributed by atoms with Crippen molar-refractivity contribution in [2.24, 2.45) is 0 Å². The minimum atomic E-state index is -4.70. The lowest BCUT2D eigenvalue weighted by Gasteiger charge is -2.10. The highest BCUT2D eigenvalue weighted by Gasteiger charge is 2.37. The fraction of sp³-hybridized carbons (Fsp3) is 0.100. The number of alkyl halides is 3. The van der Waals surface area contributed by atoms with E-state index in [9.17, 15) is 13.2 Å². The van der Waals surface area contributed by atoms with Gasteiger partial charge in [0.05, 0.1) is 10.6 Å². The molecule has 0 amide bonds. The van der Waals surface area contributed by atoms with Gasteiger partial charge in [-0.2, -0.15) is 23.3 Å². The lowest BCUT2D eigenvalue weighted by molar-refractivity contribution is -0.142. The zero-order chi connectivity index (χ0) is 22.6. The second kappa shape index (κ2) is 7.31. The average Bonchev–Trinajstić information content (AvgIpc) is 3.49. The van der Waals surface area contributed by atoms with Crippen molar-refractivity contribution in [2.75, 3.05) is 5.73 Å². The molecule has 0 spiro atoms. The highest BCUT2D eigenvalue weighted by Crippen LogP contribution is 2.38. The first-order valence-corrected chi connectivity index (χ1v) is 10.4. The Morgan fingerprint density at radius 2 is 1.97 bits per heavy atom. The Bertz CT molecular complexity index is 1460. The Morgan fingerprint density at radius 1 is 1.16 bits per heavy atom. The molecule has 32 heavy (non-hydrogen) atoms. The van der Waals surface area contributed by atoms with Crippen LogP contribution in [0.3, 0.4) is 0 Å². The van der Waals surface area contributed by atoms with Gasteiger partial charge >= 0.3 is 6.18 Å². The zero-order valence-corrected chi connectivity index (χ0v) is 17.8. The van der Waals surface area contributed by atoms with Crippen molar-refractivity contribution in [3.05, 3.63) is 58.1 Å². The summed E-state index contributed by atoms with van der Waals surface area (Å²) in [5.74, 6) is 0.0734. The van der Waals surface area contributed by atoms with Gasteiger partial charge in [0.25, 0.3) is 5.89 Å². The van der Waals surface area contributed by atoms with E-state index < -0.39 is 11.9 Å². The maximum Gasteiger partial charge on any atom is 0.433 e. The van der Waals surface area contributed by atoms with Crippen molar-refractivity contribution in [2.45, 2.75) is 13.1 Å². The molecule has 0 radical (unpaired) electrons. The minimum absolute atomic E-state index is 0.103. The molecule has 12 heteroatoms. The Hall–Kier alpha value is -3.44. The lowest BCUT2D eigenvalue weighted by Crippen LogP contribution is -2.13. The SMILES string of the molecule is Cc1c(N)cccc1-c1noc(-c2nn3c(C(F)(F)F)cc(-c4cccs4)nc3c2Cl)n1. The van der Waals surface area contributed by atoms with Crippen LogP contribution in [0.2, 0.25) is 5.02 Å². The van der Waals surface area contributed by atoms with Crippen LogP contribution in [0.5, 0.6) is 0 Å². The van der Waals surface area contributed by atoms with Crippen molar-refractivity contribution in [3.63, 3.8) is 0 Å². The molecule has 162 valence electrons. The summed E-state index contributed by atoms with van der Waals surface area (Å²) in [5, 5.41) is 9.53. The molecule has 1 aromatic carbocycles. The number of nitrogen functional groups attached to an aromatic ring is 1. The fourth-order valence-electron chi connectivity index (χ4n) is 3.21. The number of nitrogens with zero attached hydrogens (tertiary/aromatic N) is 5. The van der Waals surface area contributed by atoms with Crippen LogP contribution in [0.4, 0.5) is 18.9 Å². The van der Waals surface area contributed by atoms with E-state index >= 15 is 0 Å². The van der Waals surface area contributed by atoms with E-state index in [4.69, 9.17) is 21.9 Å². The standard InChI is InChI=1S/C20H12ClF3N6OS/c1-9-10(4-2-5-11(9)25)17-27-19(31-29-17)16-15(21)18-26-12(13-6-3-7-32-13)8-14(20(22,23)24)30(18)28-16/h2-8H,25H2,1H3. The Labute approximate surface area is 187 Å². The summed E-state index contributed by atoms with van der Waals surface area (Å²) in [4.78, 5) is 9.14. The minimum Gasteiger partial charge on any atom is -0.398 e. The van der Waals surface area contributed by atoms with Crippen molar-refractivity contribution in [1.29, 1.82) is 0 Å². The zero-order valence-electron chi connectivity index (χ0n) is 16.2. The van der Waals surface area contributed by atoms with Gasteiger partial charge in [0, 0.05) is 11.3 Å². The van der Waals surface area contributed by atoms with Crippen LogP contribution in [-0.2, 0) is 6.18 Å². The predicted octanol–water partition coefficient (Wildman–Crippen LogP) is 5.74. The highest BCUT2D eigenvalue weighted by atomic mass is 35.5. The molecule has 0 saturated carbocycles. The van der Waals surface area contributed by atoms with Crippen LogP contribution >= 0.6 is 22.9 Å². The van der Waals surface area contributed by atoms with Gasteiger partial charge in [0.1, 0.15) is 5.02 Å². The Balaban J connectivity index is 1.69. The smallest absolute Gasteiger partial charge is 0.398 e. The number of hydrogen-bond acceptors (Lipinski definition) is 7. The topological polar surface area (TPSA) is 95.1 Å². The summed E-state index contributed by atoms with van der Waals surface area (Å²) in [7, 11) is 0. The largest absolute Gasteiger partial charge is 0.433 e. The molecule has 4 aromatic heterocycles. The highest BCUT2D eigenvalue weighted by molar-refractivity contribution is 7.13. The van der Waals surface area contributed by atoms with Crippen LogP contribution in [0.15, 0.2) is 46.3 Å². The van der Waals surface area contributed by atoms with Crippen molar-refractivity contribution in [3.8, 4) is 33.5 Å². The molecule has 0 bridgehead atoms. The van der Waals surface area contributed by atoms with E-state index in [1.54, 1.807) is 42.6 Å². The number of fused-ring (bicyclic) bond motifs is 1. The fourth-order valence-corrected chi connectivity index (χ4v) is 4.13. The van der Waals surface area contributed by atoms with Crippen LogP contribution in [0.1, 0.15) is 11.3 Å². The molecular weight excluding hydrogens is 465 g/mol. The van der Waals surface area contributed by atoms with Crippen LogP contribution in [0.25, 0.3) is 39.2 Å². The first-order chi connectivity index (χ1) is 15.2. The average molecular weight is 477 g/mol. The summed E-state index contributed by atoms with van der Waals surface area (Å²) in [6.07, 6.45) is -4.70. The number of rotatable bonds is 3. The molecule has 0 unspecified atom stereocenters. The van der Waals surface area contributed by atoms with Gasteiger partial charge in [0.2, 0.25) is 5.82 Å². The maximum atomic E-state index is 13.8. The van der Waals surface area contributed by atoms with E-state index in [2.05, 4.69) is 20.2 Å². The molecule has 5 rings (SSSR count). The van der Waals surface area contributed by atoms with Gasteiger partial charge in [-0.05, 0) is 36.1 Å². The number of nitrogens with two attached hydrogens (primary N) is 1. The first kappa shape index (κ1) is 20.5. The summed E-state index contributed by atoms with van der Waals surface area (Å²) >= 11 is 7.66. The van der Waals surface area contributed by atoms with Crippen molar-refractivity contribution in [1.82, 2.24) is 24.7 Å². The normalized spacial score (nSPS) is 12.0. The predicted molar refractivity (Wildman–Crippen MR) is 114 cm³/mol. The van der Waals surface area contributed by atoms with Gasteiger partial charge in [-0.1, -0.05) is 35.0 Å². The summed E-state index contributed by atoms with van der Waals surface area (Å²) in [6.45, 7) is 1.80. The number of aromatic nitrogens is 5. The molecule has 0 aliphatic heterocycles. The summed E-state index contributed by atoms with van der Waals surface area (Å²) < 4.78 is 47.3. The van der Waals surface area contributed by atoms with E-state index in [-0.39, 0.29) is 33.8 Å². The third-order valence-electron chi connectivity index (χ3n) is 4.84. The van der Waals surface area contributed by atoms with Gasteiger partial charge in [-0.3, -0.25) is 0 Å². The van der Waals surface area contributed by atoms with Gasteiger partial charge in [0.15, 0.2) is 17.0 Å². The quantitative estimate of drug-likeness (QED) is 0.334. The molecule has 0 fully saturated rings. The number of halogens is 4. The number of anilines is 1. The second-order valence-corrected chi connectivity index (χ2v) is 8.17. The maximum absolute atomic E-state index is 13.8. The molecule has 7 nitrogen and oxygen atoms in total. The summed E-state index contributed by atoms with van der Waals surface area (Å²) in [5.41, 5.74) is 6.67. The number of hydrogen-bond donors (Lipinski definition) is 1. The van der Waals surface area contributed by atoms with Gasteiger partial charge in [-0.25, -0.2) is 9.50 Å². The lowest BCUT2D eigenvalue weighted by atomic mass is 10.1. The van der Waals surface area contributed by atoms with Crippen molar-refractivity contribution >= 4 is 34.3 Å². The molecule has 0 atom stereocenters. The third kappa shape index (κ3) is 3.30. The monoisotopic (exact) mass is 476 g/mol. The van der Waals surface area contributed by atoms with E-state index in [1.807, 2.05) is 0 Å². The van der Waals surface area contributed by atoms with E-state index in [0.29, 0.717) is 20.6 Å². The molecular formula is C20H12ClF3N6OS. The molecule has 5 aromatic rings. The van der Waals surface area contributed by atoms with E-state index in [1.165, 1.54) is 11.3 Å². The van der Waals surface area contributed by atoms with Gasteiger partial charge < -0.3 is 10.3 Å². The van der Waals surface area contributed by atoms with Crippen LogP contribution in [0, 0.1) is 6.92 Å². The Kier molecular flexibility index (Phi) is 4.68. The number of thiophene rings is 1. The Morgan fingerprint density at radius 3 is 2.69 bits per heavy atom.